The molecule has 0 aliphatic carbocycles. The van der Waals surface area contributed by atoms with Crippen molar-refractivity contribution in [1.82, 2.24) is 9.55 Å². The SMILES string of the molecule is CC[C@@H]1CN(C(=O)Cn2ccc(=O)[nH]c2=O)c2cccc(Cl)c2O1. The van der Waals surface area contributed by atoms with Crippen LogP contribution in [-0.2, 0) is 11.3 Å². The fraction of sp³-hybridized carbons (Fsp3) is 0.312. The number of amides is 1. The van der Waals surface area contributed by atoms with Crippen LogP contribution in [0.3, 0.4) is 0 Å². The van der Waals surface area contributed by atoms with Crippen molar-refractivity contribution in [2.24, 2.45) is 0 Å². The van der Waals surface area contributed by atoms with Crippen molar-refractivity contribution in [2.75, 3.05) is 11.4 Å². The summed E-state index contributed by atoms with van der Waals surface area (Å²) in [5.41, 5.74) is -0.546. The first-order valence-corrected chi connectivity index (χ1v) is 7.92. The van der Waals surface area contributed by atoms with E-state index in [9.17, 15) is 14.4 Å². The molecule has 1 amide bonds. The predicted molar refractivity (Wildman–Crippen MR) is 89.8 cm³/mol. The lowest BCUT2D eigenvalue weighted by Crippen LogP contribution is -2.46. The van der Waals surface area contributed by atoms with Gasteiger partial charge in [0.1, 0.15) is 12.6 Å². The molecule has 0 fully saturated rings. The summed E-state index contributed by atoms with van der Waals surface area (Å²) < 4.78 is 7.00. The first kappa shape index (κ1) is 16.3. The van der Waals surface area contributed by atoms with E-state index < -0.39 is 11.2 Å². The van der Waals surface area contributed by atoms with E-state index in [4.69, 9.17) is 16.3 Å². The van der Waals surface area contributed by atoms with Crippen LogP contribution >= 0.6 is 11.6 Å². The molecule has 0 saturated carbocycles. The number of aromatic nitrogens is 2. The molecule has 0 spiro atoms. The minimum Gasteiger partial charge on any atom is -0.485 e. The molecule has 1 aliphatic rings. The van der Waals surface area contributed by atoms with Gasteiger partial charge in [-0.25, -0.2) is 4.79 Å². The molecular weight excluding hydrogens is 334 g/mol. The highest BCUT2D eigenvalue weighted by Crippen LogP contribution is 2.39. The second-order valence-electron chi connectivity index (χ2n) is 5.48. The maximum absolute atomic E-state index is 12.7. The fourth-order valence-corrected chi connectivity index (χ4v) is 2.80. The number of hydrogen-bond acceptors (Lipinski definition) is 4. The molecule has 1 aromatic carbocycles. The number of halogens is 1. The van der Waals surface area contributed by atoms with Gasteiger partial charge in [0.25, 0.3) is 5.56 Å². The summed E-state index contributed by atoms with van der Waals surface area (Å²) in [5, 5.41) is 0.435. The van der Waals surface area contributed by atoms with E-state index in [0.29, 0.717) is 29.4 Å². The lowest BCUT2D eigenvalue weighted by Gasteiger charge is -2.35. The third kappa shape index (κ3) is 3.07. The van der Waals surface area contributed by atoms with E-state index in [1.54, 1.807) is 23.1 Å². The number of nitrogens with one attached hydrogen (secondary N) is 1. The van der Waals surface area contributed by atoms with Crippen LogP contribution in [0.25, 0.3) is 0 Å². The van der Waals surface area contributed by atoms with Crippen LogP contribution in [-0.4, -0.2) is 28.1 Å². The number of rotatable bonds is 3. The Bertz CT molecular complexity index is 889. The van der Waals surface area contributed by atoms with Gasteiger partial charge in [0.05, 0.1) is 17.3 Å². The molecule has 126 valence electrons. The van der Waals surface area contributed by atoms with Crippen molar-refractivity contribution in [2.45, 2.75) is 26.0 Å². The van der Waals surface area contributed by atoms with Gasteiger partial charge < -0.3 is 9.64 Å². The molecule has 24 heavy (non-hydrogen) atoms. The van der Waals surface area contributed by atoms with Gasteiger partial charge >= 0.3 is 5.69 Å². The number of anilines is 1. The second kappa shape index (κ2) is 6.52. The van der Waals surface area contributed by atoms with Crippen molar-refractivity contribution >= 4 is 23.2 Å². The van der Waals surface area contributed by atoms with Crippen molar-refractivity contribution in [3.8, 4) is 5.75 Å². The minimum absolute atomic E-state index is 0.173. The van der Waals surface area contributed by atoms with Gasteiger partial charge in [-0.05, 0) is 18.6 Å². The summed E-state index contributed by atoms with van der Waals surface area (Å²) in [6.07, 6.45) is 1.84. The molecule has 2 heterocycles. The monoisotopic (exact) mass is 349 g/mol. The Balaban J connectivity index is 1.93. The van der Waals surface area contributed by atoms with Crippen LogP contribution in [0, 0.1) is 0 Å². The third-order valence-electron chi connectivity index (χ3n) is 3.87. The molecule has 1 atom stereocenters. The van der Waals surface area contributed by atoms with Crippen LogP contribution in [0.4, 0.5) is 5.69 Å². The summed E-state index contributed by atoms with van der Waals surface area (Å²) in [7, 11) is 0. The number of benzene rings is 1. The molecule has 0 saturated heterocycles. The number of fused-ring (bicyclic) bond motifs is 1. The number of ether oxygens (including phenoxy) is 1. The van der Waals surface area contributed by atoms with Crippen molar-refractivity contribution in [3.05, 3.63) is 56.3 Å². The molecule has 1 aliphatic heterocycles. The lowest BCUT2D eigenvalue weighted by atomic mass is 10.1. The van der Waals surface area contributed by atoms with Crippen LogP contribution in [0.2, 0.25) is 5.02 Å². The first-order chi connectivity index (χ1) is 11.5. The van der Waals surface area contributed by atoms with Gasteiger partial charge in [-0.2, -0.15) is 0 Å². The van der Waals surface area contributed by atoms with Gasteiger partial charge in [0.15, 0.2) is 5.75 Å². The number of H-pyrrole nitrogens is 1. The lowest BCUT2D eigenvalue weighted by molar-refractivity contribution is -0.119. The molecule has 0 unspecified atom stereocenters. The molecule has 0 radical (unpaired) electrons. The van der Waals surface area contributed by atoms with Crippen LogP contribution in [0.15, 0.2) is 40.1 Å². The smallest absolute Gasteiger partial charge is 0.328 e. The highest BCUT2D eigenvalue weighted by Gasteiger charge is 2.30. The number of carbonyl (C=O) groups excluding carboxylic acids is 1. The summed E-state index contributed by atoms with van der Waals surface area (Å²) >= 11 is 6.18. The summed E-state index contributed by atoms with van der Waals surface area (Å²) in [6, 6.07) is 6.39. The van der Waals surface area contributed by atoms with E-state index in [-0.39, 0.29) is 18.6 Å². The topological polar surface area (TPSA) is 84.4 Å². The molecule has 8 heteroatoms. The Morgan fingerprint density at radius 3 is 2.88 bits per heavy atom. The molecule has 7 nitrogen and oxygen atoms in total. The van der Waals surface area contributed by atoms with E-state index in [0.717, 1.165) is 4.57 Å². The van der Waals surface area contributed by atoms with E-state index in [2.05, 4.69) is 4.98 Å². The second-order valence-corrected chi connectivity index (χ2v) is 5.89. The normalized spacial score (nSPS) is 16.4. The fourth-order valence-electron chi connectivity index (χ4n) is 2.58. The summed E-state index contributed by atoms with van der Waals surface area (Å²) in [4.78, 5) is 39.3. The number of aromatic amines is 1. The van der Waals surface area contributed by atoms with Crippen LogP contribution < -0.4 is 20.9 Å². The summed E-state index contributed by atoms with van der Waals surface area (Å²) in [5.74, 6) is 0.189. The maximum atomic E-state index is 12.7. The average molecular weight is 350 g/mol. The summed E-state index contributed by atoms with van der Waals surface area (Å²) in [6.45, 7) is 2.15. The predicted octanol–water partition coefficient (Wildman–Crippen LogP) is 1.39. The van der Waals surface area contributed by atoms with Gasteiger partial charge in [0, 0.05) is 12.3 Å². The Labute approximate surface area is 142 Å². The molecule has 1 N–H and O–H groups in total. The number of nitrogens with zero attached hydrogens (tertiary/aromatic N) is 2. The maximum Gasteiger partial charge on any atom is 0.328 e. The molecule has 0 bridgehead atoms. The Morgan fingerprint density at radius 2 is 2.17 bits per heavy atom. The van der Waals surface area contributed by atoms with Crippen LogP contribution in [0.5, 0.6) is 5.75 Å². The molecule has 1 aromatic heterocycles. The highest BCUT2D eigenvalue weighted by molar-refractivity contribution is 6.32. The third-order valence-corrected chi connectivity index (χ3v) is 4.16. The quantitative estimate of drug-likeness (QED) is 0.907. The zero-order chi connectivity index (χ0) is 17.3. The van der Waals surface area contributed by atoms with Crippen molar-refractivity contribution in [1.29, 1.82) is 0 Å². The zero-order valence-electron chi connectivity index (χ0n) is 13.0. The number of carbonyl (C=O) groups is 1. The number of para-hydroxylation sites is 1. The van der Waals surface area contributed by atoms with E-state index in [1.807, 2.05) is 6.92 Å². The van der Waals surface area contributed by atoms with Gasteiger partial charge in [0.2, 0.25) is 5.91 Å². The van der Waals surface area contributed by atoms with Crippen LogP contribution in [0.1, 0.15) is 13.3 Å². The Morgan fingerprint density at radius 1 is 1.38 bits per heavy atom. The Hall–Kier alpha value is -2.54. The largest absolute Gasteiger partial charge is 0.485 e. The van der Waals surface area contributed by atoms with Gasteiger partial charge in [-0.15, -0.1) is 0 Å². The van der Waals surface area contributed by atoms with E-state index in [1.165, 1.54) is 12.3 Å². The molecule has 2 aromatic rings. The number of hydrogen-bond donors (Lipinski definition) is 1. The van der Waals surface area contributed by atoms with Gasteiger partial charge in [-0.3, -0.25) is 19.1 Å². The highest BCUT2D eigenvalue weighted by atomic mass is 35.5. The molecular formula is C16H16ClN3O4. The average Bonchev–Trinajstić information content (AvgIpc) is 2.57. The Kier molecular flexibility index (Phi) is 4.44. The minimum atomic E-state index is -0.623. The van der Waals surface area contributed by atoms with Gasteiger partial charge in [-0.1, -0.05) is 24.6 Å². The first-order valence-electron chi connectivity index (χ1n) is 7.55. The zero-order valence-corrected chi connectivity index (χ0v) is 13.7. The van der Waals surface area contributed by atoms with E-state index >= 15 is 0 Å². The molecule has 3 rings (SSSR count). The standard InChI is InChI=1S/C16H16ClN3O4/c1-2-10-8-20(12-5-3-4-11(17)15(12)24-10)14(22)9-19-7-6-13(21)18-16(19)23/h3-7,10H,2,8-9H2,1H3,(H,18,21,23)/t10-/m1/s1. The van der Waals surface area contributed by atoms with Crippen molar-refractivity contribution < 1.29 is 9.53 Å². The van der Waals surface area contributed by atoms with Crippen molar-refractivity contribution in [3.63, 3.8) is 0 Å².